The summed E-state index contributed by atoms with van der Waals surface area (Å²) in [7, 11) is -2.31. The van der Waals surface area contributed by atoms with Gasteiger partial charge in [0.1, 0.15) is 11.5 Å². The highest BCUT2D eigenvalue weighted by molar-refractivity contribution is 7.91. The average molecular weight is 487 g/mol. The number of hydrogen-bond acceptors (Lipinski definition) is 7. The van der Waals surface area contributed by atoms with Crippen molar-refractivity contribution < 1.29 is 22.7 Å². The normalized spacial score (nSPS) is 16.7. The number of hydrogen-bond donors (Lipinski definition) is 0. The Morgan fingerprint density at radius 3 is 2.73 bits per heavy atom. The smallest absolute Gasteiger partial charge is 0.237 e. The summed E-state index contributed by atoms with van der Waals surface area (Å²) in [6, 6.07) is 12.6. The van der Waals surface area contributed by atoms with Gasteiger partial charge in [0.05, 0.1) is 28.1 Å². The van der Waals surface area contributed by atoms with Crippen molar-refractivity contribution in [1.82, 2.24) is 9.88 Å². The van der Waals surface area contributed by atoms with Gasteiger partial charge in [-0.25, -0.2) is 13.4 Å². The standard InChI is InChI=1S/C24H26N2O5S2/c1-16(27)17-9-10-21(31-2)19(12-17)14-33(29,30)15-23(28)26-11-5-6-18(13-26)24-25-20-7-3-4-8-22(20)32-24/h3-4,7-10,12,18H,5-6,11,13-15H2,1-2H3/t18-/m1/s1. The number of thiazole rings is 1. The van der Waals surface area contributed by atoms with Crippen LogP contribution in [0.25, 0.3) is 10.2 Å². The lowest BCUT2D eigenvalue weighted by molar-refractivity contribution is -0.129. The van der Waals surface area contributed by atoms with Crippen LogP contribution in [0.3, 0.4) is 0 Å². The zero-order valence-electron chi connectivity index (χ0n) is 18.6. The number of amides is 1. The monoisotopic (exact) mass is 486 g/mol. The Morgan fingerprint density at radius 2 is 2.00 bits per heavy atom. The molecular weight excluding hydrogens is 460 g/mol. The maximum absolute atomic E-state index is 12.9. The van der Waals surface area contributed by atoms with Crippen LogP contribution in [-0.4, -0.2) is 55.9 Å². The molecule has 1 aromatic heterocycles. The van der Waals surface area contributed by atoms with Crippen LogP contribution in [0.4, 0.5) is 0 Å². The number of ether oxygens (including phenoxy) is 1. The summed E-state index contributed by atoms with van der Waals surface area (Å²) < 4.78 is 32.1. The summed E-state index contributed by atoms with van der Waals surface area (Å²) in [5, 5.41) is 0.988. The van der Waals surface area contributed by atoms with Gasteiger partial charge in [-0.05, 0) is 50.1 Å². The molecule has 1 saturated heterocycles. The fourth-order valence-electron chi connectivity index (χ4n) is 4.15. The van der Waals surface area contributed by atoms with Crippen molar-refractivity contribution in [3.05, 3.63) is 58.6 Å². The molecule has 174 valence electrons. The number of para-hydroxylation sites is 1. The van der Waals surface area contributed by atoms with Crippen molar-refractivity contribution in [3.63, 3.8) is 0 Å². The number of aromatic nitrogens is 1. The van der Waals surface area contributed by atoms with E-state index in [0.29, 0.717) is 30.0 Å². The quantitative estimate of drug-likeness (QED) is 0.471. The molecule has 0 radical (unpaired) electrons. The molecule has 4 rings (SSSR count). The Labute approximate surface area is 197 Å². The summed E-state index contributed by atoms with van der Waals surface area (Å²) in [6.45, 7) is 2.43. The van der Waals surface area contributed by atoms with Gasteiger partial charge in [-0.3, -0.25) is 9.59 Å². The van der Waals surface area contributed by atoms with Crippen LogP contribution in [0.1, 0.15) is 46.6 Å². The molecule has 0 aliphatic carbocycles. The first-order chi connectivity index (χ1) is 15.8. The second-order valence-corrected chi connectivity index (χ2v) is 11.4. The number of rotatable bonds is 7. The number of fused-ring (bicyclic) bond motifs is 1. The van der Waals surface area contributed by atoms with E-state index in [1.54, 1.807) is 28.4 Å². The van der Waals surface area contributed by atoms with Gasteiger partial charge in [0.2, 0.25) is 5.91 Å². The third kappa shape index (κ3) is 5.42. The number of likely N-dealkylation sites (tertiary alicyclic amines) is 1. The molecule has 1 fully saturated rings. The van der Waals surface area contributed by atoms with E-state index in [1.807, 2.05) is 24.3 Å². The van der Waals surface area contributed by atoms with Gasteiger partial charge in [0.25, 0.3) is 0 Å². The lowest BCUT2D eigenvalue weighted by Gasteiger charge is -2.31. The molecule has 0 N–H and O–H groups in total. The first-order valence-corrected chi connectivity index (χ1v) is 13.4. The van der Waals surface area contributed by atoms with E-state index in [-0.39, 0.29) is 17.5 Å². The van der Waals surface area contributed by atoms with E-state index in [2.05, 4.69) is 0 Å². The van der Waals surface area contributed by atoms with Crippen molar-refractivity contribution in [2.24, 2.45) is 0 Å². The molecule has 7 nitrogen and oxygen atoms in total. The molecule has 2 heterocycles. The minimum atomic E-state index is -3.76. The topological polar surface area (TPSA) is 93.6 Å². The molecule has 1 aliphatic heterocycles. The molecule has 1 aliphatic rings. The number of carbonyl (C=O) groups excluding carboxylic acids is 2. The van der Waals surface area contributed by atoms with Crippen molar-refractivity contribution >= 4 is 43.1 Å². The predicted molar refractivity (Wildman–Crippen MR) is 129 cm³/mol. The van der Waals surface area contributed by atoms with Gasteiger partial charge in [-0.2, -0.15) is 0 Å². The van der Waals surface area contributed by atoms with Crippen LogP contribution in [-0.2, 0) is 20.4 Å². The molecule has 33 heavy (non-hydrogen) atoms. The number of nitrogens with zero attached hydrogens (tertiary/aromatic N) is 2. The lowest BCUT2D eigenvalue weighted by atomic mass is 9.99. The van der Waals surface area contributed by atoms with Gasteiger partial charge in [-0.15, -0.1) is 11.3 Å². The van der Waals surface area contributed by atoms with Crippen LogP contribution in [0.2, 0.25) is 0 Å². The summed E-state index contributed by atoms with van der Waals surface area (Å²) in [6.07, 6.45) is 1.73. The zero-order chi connectivity index (χ0) is 23.6. The highest BCUT2D eigenvalue weighted by atomic mass is 32.2. The van der Waals surface area contributed by atoms with E-state index >= 15 is 0 Å². The fourth-order valence-corrected chi connectivity index (χ4v) is 6.60. The minimum Gasteiger partial charge on any atom is -0.496 e. The summed E-state index contributed by atoms with van der Waals surface area (Å²) >= 11 is 1.63. The molecule has 0 spiro atoms. The molecule has 9 heteroatoms. The lowest BCUT2D eigenvalue weighted by Crippen LogP contribution is -2.42. The van der Waals surface area contributed by atoms with Crippen molar-refractivity contribution in [2.75, 3.05) is 26.0 Å². The molecular formula is C24H26N2O5S2. The van der Waals surface area contributed by atoms with Gasteiger partial charge in [0.15, 0.2) is 15.6 Å². The summed E-state index contributed by atoms with van der Waals surface area (Å²) in [4.78, 5) is 31.0. The number of sulfone groups is 1. The second kappa shape index (κ2) is 9.61. The summed E-state index contributed by atoms with van der Waals surface area (Å²) in [5.41, 5.74) is 1.73. The highest BCUT2D eigenvalue weighted by Crippen LogP contribution is 2.33. The maximum Gasteiger partial charge on any atom is 0.237 e. The number of carbonyl (C=O) groups is 2. The first kappa shape index (κ1) is 23.4. The molecule has 2 aromatic carbocycles. The second-order valence-electron chi connectivity index (χ2n) is 8.31. The minimum absolute atomic E-state index is 0.107. The van der Waals surface area contributed by atoms with E-state index in [1.165, 1.54) is 20.1 Å². The van der Waals surface area contributed by atoms with E-state index in [9.17, 15) is 18.0 Å². The van der Waals surface area contributed by atoms with Crippen LogP contribution >= 0.6 is 11.3 Å². The van der Waals surface area contributed by atoms with Crippen LogP contribution in [0, 0.1) is 0 Å². The molecule has 1 atom stereocenters. The average Bonchev–Trinajstić information content (AvgIpc) is 3.23. The molecule has 0 unspecified atom stereocenters. The van der Waals surface area contributed by atoms with E-state index < -0.39 is 21.5 Å². The Hall–Kier alpha value is -2.78. The van der Waals surface area contributed by atoms with E-state index in [0.717, 1.165) is 28.1 Å². The largest absolute Gasteiger partial charge is 0.496 e. The zero-order valence-corrected chi connectivity index (χ0v) is 20.2. The molecule has 3 aromatic rings. The maximum atomic E-state index is 12.9. The van der Waals surface area contributed by atoms with Crippen molar-refractivity contribution in [1.29, 1.82) is 0 Å². The van der Waals surface area contributed by atoms with Crippen molar-refractivity contribution in [3.8, 4) is 5.75 Å². The number of Topliss-reactive ketones (excluding diaryl/α,β-unsaturated/α-hetero) is 1. The first-order valence-electron chi connectivity index (χ1n) is 10.8. The Bertz CT molecular complexity index is 1270. The Kier molecular flexibility index (Phi) is 6.81. The molecule has 0 saturated carbocycles. The fraction of sp³-hybridized carbons (Fsp3) is 0.375. The third-order valence-corrected chi connectivity index (χ3v) is 8.48. The van der Waals surface area contributed by atoms with Gasteiger partial charge in [0, 0.05) is 30.1 Å². The van der Waals surface area contributed by atoms with Crippen LogP contribution in [0.5, 0.6) is 5.75 Å². The molecule has 1 amide bonds. The van der Waals surface area contributed by atoms with Crippen molar-refractivity contribution in [2.45, 2.75) is 31.4 Å². The predicted octanol–water partition coefficient (Wildman–Crippen LogP) is 3.83. The number of benzene rings is 2. The SMILES string of the molecule is COc1ccc(C(C)=O)cc1CS(=O)(=O)CC(=O)N1CCC[C@@H](c2nc3ccccc3s2)C1. The number of ketones is 1. The van der Waals surface area contributed by atoms with Crippen LogP contribution < -0.4 is 4.74 Å². The number of piperidine rings is 1. The summed E-state index contributed by atoms with van der Waals surface area (Å²) in [5.74, 6) is -1.02. The van der Waals surface area contributed by atoms with E-state index in [4.69, 9.17) is 9.72 Å². The number of methoxy groups -OCH3 is 1. The molecule has 0 bridgehead atoms. The van der Waals surface area contributed by atoms with Gasteiger partial charge < -0.3 is 9.64 Å². The van der Waals surface area contributed by atoms with Crippen LogP contribution in [0.15, 0.2) is 42.5 Å². The highest BCUT2D eigenvalue weighted by Gasteiger charge is 2.30. The Morgan fingerprint density at radius 1 is 1.21 bits per heavy atom. The third-order valence-electron chi connectivity index (χ3n) is 5.84. The Balaban J connectivity index is 1.46. The van der Waals surface area contributed by atoms with Gasteiger partial charge >= 0.3 is 0 Å². The van der Waals surface area contributed by atoms with Gasteiger partial charge in [-0.1, -0.05) is 12.1 Å².